The first-order valence-corrected chi connectivity index (χ1v) is 7.29. The molecule has 0 unspecified atom stereocenters. The predicted octanol–water partition coefficient (Wildman–Crippen LogP) is 1.93. The highest BCUT2D eigenvalue weighted by atomic mass is 32.1. The minimum atomic E-state index is -0.883. The fraction of sp³-hybridized carbons (Fsp3) is 0.667. The van der Waals surface area contributed by atoms with E-state index in [4.69, 9.17) is 5.11 Å². The molecule has 0 saturated heterocycles. The molecule has 2 atom stereocenters. The number of anilines is 1. The van der Waals surface area contributed by atoms with Gasteiger partial charge in [0, 0.05) is 0 Å². The summed E-state index contributed by atoms with van der Waals surface area (Å²) in [5, 5.41) is 21.0. The molecule has 104 valence electrons. The van der Waals surface area contributed by atoms with Crippen LogP contribution in [0.15, 0.2) is 0 Å². The van der Waals surface area contributed by atoms with E-state index in [2.05, 4.69) is 15.5 Å². The van der Waals surface area contributed by atoms with Gasteiger partial charge >= 0.3 is 5.97 Å². The van der Waals surface area contributed by atoms with Gasteiger partial charge in [-0.1, -0.05) is 31.1 Å². The zero-order chi connectivity index (χ0) is 13.8. The highest BCUT2D eigenvalue weighted by Crippen LogP contribution is 2.31. The summed E-state index contributed by atoms with van der Waals surface area (Å²) < 4.78 is 0. The topological polar surface area (TPSA) is 92.2 Å². The Morgan fingerprint density at radius 1 is 1.32 bits per heavy atom. The number of hydrogen-bond acceptors (Lipinski definition) is 5. The molecule has 1 aliphatic rings. The Balaban J connectivity index is 2.03. The van der Waals surface area contributed by atoms with Gasteiger partial charge in [-0.05, 0) is 19.3 Å². The lowest BCUT2D eigenvalue weighted by Gasteiger charge is -2.26. The quantitative estimate of drug-likeness (QED) is 0.880. The summed E-state index contributed by atoms with van der Waals surface area (Å²) >= 11 is 1.33. The van der Waals surface area contributed by atoms with E-state index in [1.165, 1.54) is 11.3 Å². The molecular formula is C12H17N3O3S. The highest BCUT2D eigenvalue weighted by Gasteiger charge is 2.35. The first kappa shape index (κ1) is 13.9. The molecule has 0 aliphatic heterocycles. The van der Waals surface area contributed by atoms with Gasteiger partial charge < -0.3 is 10.4 Å². The van der Waals surface area contributed by atoms with Crippen molar-refractivity contribution >= 4 is 28.3 Å². The first-order chi connectivity index (χ1) is 9.11. The van der Waals surface area contributed by atoms with Crippen molar-refractivity contribution in [2.24, 2.45) is 11.8 Å². The average Bonchev–Trinajstić information content (AvgIpc) is 2.86. The summed E-state index contributed by atoms with van der Waals surface area (Å²) in [6, 6.07) is 0. The van der Waals surface area contributed by atoms with Crippen molar-refractivity contribution in [2.75, 3.05) is 5.32 Å². The molecule has 1 aromatic rings. The van der Waals surface area contributed by atoms with E-state index >= 15 is 0 Å². The number of nitrogens with one attached hydrogen (secondary N) is 1. The summed E-state index contributed by atoms with van der Waals surface area (Å²) in [4.78, 5) is 23.3. The molecule has 6 nitrogen and oxygen atoms in total. The molecule has 0 radical (unpaired) electrons. The van der Waals surface area contributed by atoms with Gasteiger partial charge in [0.15, 0.2) is 0 Å². The van der Waals surface area contributed by atoms with Crippen molar-refractivity contribution in [3.05, 3.63) is 5.01 Å². The maximum Gasteiger partial charge on any atom is 0.307 e. The van der Waals surface area contributed by atoms with E-state index < -0.39 is 17.8 Å². The number of carboxylic acids is 1. The van der Waals surface area contributed by atoms with Crippen LogP contribution in [-0.2, 0) is 16.0 Å². The molecule has 7 heteroatoms. The van der Waals surface area contributed by atoms with Crippen molar-refractivity contribution in [1.29, 1.82) is 0 Å². The van der Waals surface area contributed by atoms with Crippen LogP contribution in [0.2, 0.25) is 0 Å². The van der Waals surface area contributed by atoms with Crippen LogP contribution in [-0.4, -0.2) is 27.2 Å². The maximum absolute atomic E-state index is 12.1. The minimum Gasteiger partial charge on any atom is -0.481 e. The molecular weight excluding hydrogens is 266 g/mol. The lowest BCUT2D eigenvalue weighted by atomic mass is 9.79. The average molecular weight is 283 g/mol. The zero-order valence-corrected chi connectivity index (χ0v) is 11.6. The minimum absolute atomic E-state index is 0.245. The number of rotatable bonds is 4. The Labute approximate surface area is 115 Å². The van der Waals surface area contributed by atoms with Gasteiger partial charge in [0.25, 0.3) is 0 Å². The third kappa shape index (κ3) is 3.28. The molecule has 0 bridgehead atoms. The van der Waals surface area contributed by atoms with Crippen LogP contribution in [0.25, 0.3) is 0 Å². The number of aromatic nitrogens is 2. The molecule has 1 aliphatic carbocycles. The van der Waals surface area contributed by atoms with Crippen LogP contribution in [0.5, 0.6) is 0 Å². The second-order valence-corrected chi connectivity index (χ2v) is 5.74. The first-order valence-electron chi connectivity index (χ1n) is 6.48. The van der Waals surface area contributed by atoms with Crippen LogP contribution in [0.4, 0.5) is 5.13 Å². The second kappa shape index (κ2) is 6.10. The standard InChI is InChI=1S/C12H17N3O3S/c1-2-9-14-15-12(19-9)13-10(16)7-5-3-4-6-8(7)11(17)18/h7-8H,2-6H2,1H3,(H,17,18)(H,13,15,16)/t7-,8-/m1/s1. The maximum atomic E-state index is 12.1. The third-order valence-corrected chi connectivity index (χ3v) is 4.40. The van der Waals surface area contributed by atoms with E-state index in [1.807, 2.05) is 6.92 Å². The van der Waals surface area contributed by atoms with Gasteiger partial charge in [-0.25, -0.2) is 0 Å². The van der Waals surface area contributed by atoms with Crippen LogP contribution in [0, 0.1) is 11.8 Å². The van der Waals surface area contributed by atoms with E-state index in [9.17, 15) is 9.59 Å². The van der Waals surface area contributed by atoms with Gasteiger partial charge in [-0.15, -0.1) is 10.2 Å². The Bertz CT molecular complexity index is 475. The molecule has 1 fully saturated rings. The number of nitrogens with zero attached hydrogens (tertiary/aromatic N) is 2. The van der Waals surface area contributed by atoms with Crippen molar-refractivity contribution in [3.63, 3.8) is 0 Å². The fourth-order valence-electron chi connectivity index (χ4n) is 2.39. The summed E-state index contributed by atoms with van der Waals surface area (Å²) in [7, 11) is 0. The molecule has 1 heterocycles. The Morgan fingerprint density at radius 2 is 2.00 bits per heavy atom. The predicted molar refractivity (Wildman–Crippen MR) is 71.0 cm³/mol. The normalized spacial score (nSPS) is 23.0. The van der Waals surface area contributed by atoms with Gasteiger partial charge in [0.05, 0.1) is 11.8 Å². The monoisotopic (exact) mass is 283 g/mol. The summed E-state index contributed by atoms with van der Waals surface area (Å²) in [5.74, 6) is -2.16. The van der Waals surface area contributed by atoms with Crippen LogP contribution in [0.1, 0.15) is 37.6 Å². The third-order valence-electron chi connectivity index (χ3n) is 3.42. The van der Waals surface area contributed by atoms with Crippen molar-refractivity contribution in [3.8, 4) is 0 Å². The summed E-state index contributed by atoms with van der Waals surface area (Å²) in [5.41, 5.74) is 0. The lowest BCUT2D eigenvalue weighted by Crippen LogP contribution is -2.36. The van der Waals surface area contributed by atoms with Crippen LogP contribution >= 0.6 is 11.3 Å². The second-order valence-electron chi connectivity index (χ2n) is 4.68. The number of carbonyl (C=O) groups is 2. The van der Waals surface area contributed by atoms with Crippen molar-refractivity contribution < 1.29 is 14.7 Å². The molecule has 2 rings (SSSR count). The number of amides is 1. The van der Waals surface area contributed by atoms with Gasteiger partial charge in [-0.3, -0.25) is 9.59 Å². The number of carboxylic acid groups (broad SMARTS) is 1. The Kier molecular flexibility index (Phi) is 4.47. The van der Waals surface area contributed by atoms with E-state index in [0.29, 0.717) is 18.0 Å². The molecule has 19 heavy (non-hydrogen) atoms. The SMILES string of the molecule is CCc1nnc(NC(=O)[C@@H]2CCCC[C@H]2C(=O)O)s1. The Hall–Kier alpha value is -1.50. The fourth-order valence-corrected chi connectivity index (χ4v) is 3.07. The van der Waals surface area contributed by atoms with Crippen LogP contribution < -0.4 is 5.32 Å². The number of hydrogen-bond donors (Lipinski definition) is 2. The number of aryl methyl sites for hydroxylation is 1. The van der Waals surface area contributed by atoms with E-state index in [0.717, 1.165) is 24.3 Å². The highest BCUT2D eigenvalue weighted by molar-refractivity contribution is 7.15. The van der Waals surface area contributed by atoms with Gasteiger partial charge in [-0.2, -0.15) is 0 Å². The largest absolute Gasteiger partial charge is 0.481 e. The number of aliphatic carboxylic acids is 1. The summed E-state index contributed by atoms with van der Waals surface area (Å²) in [6.45, 7) is 1.97. The van der Waals surface area contributed by atoms with Crippen molar-refractivity contribution in [2.45, 2.75) is 39.0 Å². The molecule has 1 amide bonds. The lowest BCUT2D eigenvalue weighted by molar-refractivity contribution is -0.147. The number of carbonyl (C=O) groups excluding carboxylic acids is 1. The van der Waals surface area contributed by atoms with Gasteiger partial charge in [0.2, 0.25) is 11.0 Å². The van der Waals surface area contributed by atoms with Gasteiger partial charge in [0.1, 0.15) is 5.01 Å². The molecule has 1 aromatic heterocycles. The molecule has 2 N–H and O–H groups in total. The smallest absolute Gasteiger partial charge is 0.307 e. The van der Waals surface area contributed by atoms with E-state index in [1.54, 1.807) is 0 Å². The molecule has 0 spiro atoms. The molecule has 0 aromatic carbocycles. The molecule has 1 saturated carbocycles. The summed E-state index contributed by atoms with van der Waals surface area (Å²) in [6.07, 6.45) is 3.75. The zero-order valence-electron chi connectivity index (χ0n) is 10.8. The van der Waals surface area contributed by atoms with E-state index in [-0.39, 0.29) is 5.91 Å². The Morgan fingerprint density at radius 3 is 2.58 bits per heavy atom. The van der Waals surface area contributed by atoms with Crippen LogP contribution in [0.3, 0.4) is 0 Å². The van der Waals surface area contributed by atoms with Crippen molar-refractivity contribution in [1.82, 2.24) is 10.2 Å².